The number of hydrogen-bond donors (Lipinski definition) is 1. The largest absolute Gasteiger partial charge is 0.497 e. The van der Waals surface area contributed by atoms with Gasteiger partial charge in [-0.3, -0.25) is 0 Å². The predicted octanol–water partition coefficient (Wildman–Crippen LogP) is 3.36. The Hall–Kier alpha value is -2.59. The van der Waals surface area contributed by atoms with Crippen LogP contribution in [0.5, 0.6) is 5.75 Å². The van der Waals surface area contributed by atoms with Crippen molar-refractivity contribution in [3.63, 3.8) is 0 Å². The molecule has 2 N–H and O–H groups in total. The molecule has 0 aliphatic carbocycles. The molecule has 2 aromatic carbocycles. The maximum Gasteiger partial charge on any atom is 0.158 e. The molecule has 4 heteroatoms. The van der Waals surface area contributed by atoms with Crippen molar-refractivity contribution in [2.45, 2.75) is 13.1 Å². The molecule has 3 aromatic rings. The van der Waals surface area contributed by atoms with Crippen molar-refractivity contribution in [1.82, 2.24) is 0 Å². The Morgan fingerprint density at radius 3 is 2.35 bits per heavy atom. The molecule has 0 spiro atoms. The molecule has 0 radical (unpaired) electrons. The molecule has 0 aliphatic rings. The third kappa shape index (κ3) is 3.99. The fourth-order valence-corrected chi connectivity index (χ4v) is 2.40. The van der Waals surface area contributed by atoms with E-state index in [4.69, 9.17) is 9.15 Å². The van der Waals surface area contributed by atoms with Gasteiger partial charge in [0.25, 0.3) is 0 Å². The molecule has 0 aliphatic heterocycles. The summed E-state index contributed by atoms with van der Waals surface area (Å²) in [5.74, 6) is 2.28. The maximum atomic E-state index is 12.9. The quantitative estimate of drug-likeness (QED) is 0.758. The first-order chi connectivity index (χ1) is 11.2. The minimum Gasteiger partial charge on any atom is -0.497 e. The Balaban J connectivity index is 1.55. The summed E-state index contributed by atoms with van der Waals surface area (Å²) in [6.45, 7) is 1.63. The zero-order valence-electron chi connectivity index (χ0n) is 13.0. The fraction of sp³-hybridized carbons (Fsp3) is 0.158. The lowest BCUT2D eigenvalue weighted by molar-refractivity contribution is -0.687. The lowest BCUT2D eigenvalue weighted by Gasteiger charge is -2.02. The van der Waals surface area contributed by atoms with Crippen molar-refractivity contribution in [3.05, 3.63) is 77.8 Å². The number of nitrogens with two attached hydrogens (primary N) is 1. The minimum absolute atomic E-state index is 0.242. The van der Waals surface area contributed by atoms with Gasteiger partial charge in [0.15, 0.2) is 5.76 Å². The predicted molar refractivity (Wildman–Crippen MR) is 86.4 cm³/mol. The third-order valence-corrected chi connectivity index (χ3v) is 3.68. The fourth-order valence-electron chi connectivity index (χ4n) is 2.40. The number of furan rings is 1. The average Bonchev–Trinajstić information content (AvgIpc) is 3.05. The highest BCUT2D eigenvalue weighted by molar-refractivity contribution is 5.57. The molecule has 23 heavy (non-hydrogen) atoms. The Bertz CT molecular complexity index is 748. The molecule has 118 valence electrons. The van der Waals surface area contributed by atoms with Crippen LogP contribution in [0.15, 0.2) is 65.1 Å². The molecule has 1 aromatic heterocycles. The van der Waals surface area contributed by atoms with Gasteiger partial charge in [0.05, 0.1) is 7.11 Å². The van der Waals surface area contributed by atoms with Crippen LogP contribution in [0.4, 0.5) is 4.39 Å². The second-order valence-electron chi connectivity index (χ2n) is 5.32. The van der Waals surface area contributed by atoms with Crippen LogP contribution in [0.25, 0.3) is 11.3 Å². The maximum absolute atomic E-state index is 12.9. The molecular formula is C19H19FNO2+. The van der Waals surface area contributed by atoms with E-state index in [2.05, 4.69) is 17.4 Å². The highest BCUT2D eigenvalue weighted by Crippen LogP contribution is 2.22. The zero-order chi connectivity index (χ0) is 16.1. The smallest absolute Gasteiger partial charge is 0.158 e. The van der Waals surface area contributed by atoms with Gasteiger partial charge in [0, 0.05) is 11.1 Å². The first-order valence-corrected chi connectivity index (χ1v) is 7.54. The van der Waals surface area contributed by atoms with Crippen LogP contribution in [-0.2, 0) is 13.1 Å². The SMILES string of the molecule is COc1ccc(C[NH2+]Cc2ccc(-c3ccc(F)cc3)o2)cc1. The molecule has 0 unspecified atom stereocenters. The number of hydrogen-bond acceptors (Lipinski definition) is 2. The Morgan fingerprint density at radius 1 is 0.913 bits per heavy atom. The van der Waals surface area contributed by atoms with E-state index in [1.54, 1.807) is 19.2 Å². The average molecular weight is 312 g/mol. The summed E-state index contributed by atoms with van der Waals surface area (Å²) in [7, 11) is 1.66. The minimum atomic E-state index is -0.242. The van der Waals surface area contributed by atoms with Crippen molar-refractivity contribution in [1.29, 1.82) is 0 Å². The molecule has 1 heterocycles. The molecule has 0 amide bonds. The lowest BCUT2D eigenvalue weighted by Crippen LogP contribution is -2.80. The Morgan fingerprint density at radius 2 is 1.65 bits per heavy atom. The number of halogens is 1. The lowest BCUT2D eigenvalue weighted by atomic mass is 10.2. The van der Waals surface area contributed by atoms with E-state index in [0.29, 0.717) is 0 Å². The van der Waals surface area contributed by atoms with Crippen molar-refractivity contribution in [3.8, 4) is 17.1 Å². The number of methoxy groups -OCH3 is 1. The van der Waals surface area contributed by atoms with Gasteiger partial charge in [0.2, 0.25) is 0 Å². The molecule has 3 nitrogen and oxygen atoms in total. The van der Waals surface area contributed by atoms with Crippen molar-refractivity contribution < 1.29 is 18.9 Å². The molecule has 0 atom stereocenters. The summed E-state index contributed by atoms with van der Waals surface area (Å²) in [5.41, 5.74) is 2.11. The standard InChI is InChI=1S/C19H18FNO2/c1-22-17-8-2-14(3-9-17)12-21-13-18-10-11-19(23-18)15-4-6-16(20)7-5-15/h2-11,21H,12-13H2,1H3/p+1. The molecule has 0 bridgehead atoms. The van der Waals surface area contributed by atoms with E-state index in [1.165, 1.54) is 17.7 Å². The number of benzene rings is 2. The van der Waals surface area contributed by atoms with Crippen molar-refractivity contribution in [2.24, 2.45) is 0 Å². The number of rotatable bonds is 6. The van der Waals surface area contributed by atoms with E-state index in [1.807, 2.05) is 24.3 Å². The first-order valence-electron chi connectivity index (χ1n) is 7.54. The number of ether oxygens (including phenoxy) is 1. The van der Waals surface area contributed by atoms with E-state index < -0.39 is 0 Å². The van der Waals surface area contributed by atoms with Gasteiger partial charge in [0.1, 0.15) is 30.4 Å². The van der Waals surface area contributed by atoms with Crippen LogP contribution in [-0.4, -0.2) is 7.11 Å². The third-order valence-electron chi connectivity index (χ3n) is 3.68. The molecule has 0 saturated heterocycles. The second kappa shape index (κ2) is 7.11. The van der Waals surface area contributed by atoms with Crippen LogP contribution < -0.4 is 10.1 Å². The second-order valence-corrected chi connectivity index (χ2v) is 5.32. The van der Waals surface area contributed by atoms with Gasteiger partial charge in [-0.1, -0.05) is 0 Å². The topological polar surface area (TPSA) is 39.0 Å². The molecule has 0 saturated carbocycles. The van der Waals surface area contributed by atoms with Crippen LogP contribution in [0.1, 0.15) is 11.3 Å². The van der Waals surface area contributed by atoms with E-state index in [9.17, 15) is 4.39 Å². The monoisotopic (exact) mass is 312 g/mol. The van der Waals surface area contributed by atoms with Crippen LogP contribution in [0.2, 0.25) is 0 Å². The van der Waals surface area contributed by atoms with Crippen LogP contribution in [0.3, 0.4) is 0 Å². The molecular weight excluding hydrogens is 293 g/mol. The van der Waals surface area contributed by atoms with Crippen molar-refractivity contribution >= 4 is 0 Å². The van der Waals surface area contributed by atoms with Gasteiger partial charge in [-0.05, 0) is 60.7 Å². The summed E-state index contributed by atoms with van der Waals surface area (Å²) >= 11 is 0. The van der Waals surface area contributed by atoms with Gasteiger partial charge in [-0.15, -0.1) is 0 Å². The highest BCUT2D eigenvalue weighted by Gasteiger charge is 2.06. The summed E-state index contributed by atoms with van der Waals surface area (Å²) < 4.78 is 23.9. The summed E-state index contributed by atoms with van der Waals surface area (Å²) in [6.07, 6.45) is 0. The van der Waals surface area contributed by atoms with E-state index >= 15 is 0 Å². The molecule has 3 rings (SSSR count). The van der Waals surface area contributed by atoms with Gasteiger partial charge < -0.3 is 14.5 Å². The summed E-state index contributed by atoms with van der Waals surface area (Å²) in [4.78, 5) is 0. The van der Waals surface area contributed by atoms with Gasteiger partial charge in [-0.2, -0.15) is 0 Å². The van der Waals surface area contributed by atoms with E-state index in [-0.39, 0.29) is 5.82 Å². The zero-order valence-corrected chi connectivity index (χ0v) is 13.0. The van der Waals surface area contributed by atoms with Crippen molar-refractivity contribution in [2.75, 3.05) is 7.11 Å². The van der Waals surface area contributed by atoms with Gasteiger partial charge in [-0.25, -0.2) is 4.39 Å². The number of quaternary nitrogens is 1. The Labute approximate surface area is 134 Å². The van der Waals surface area contributed by atoms with Crippen LogP contribution >= 0.6 is 0 Å². The van der Waals surface area contributed by atoms with Gasteiger partial charge >= 0.3 is 0 Å². The summed E-state index contributed by atoms with van der Waals surface area (Å²) in [5, 5.41) is 2.18. The van der Waals surface area contributed by atoms with Crippen LogP contribution in [0, 0.1) is 5.82 Å². The summed E-state index contributed by atoms with van der Waals surface area (Å²) in [6, 6.07) is 18.2. The highest BCUT2D eigenvalue weighted by atomic mass is 19.1. The molecule has 0 fully saturated rings. The van der Waals surface area contributed by atoms with E-state index in [0.717, 1.165) is 35.9 Å². The first kappa shape index (κ1) is 15.3. The normalized spacial score (nSPS) is 10.7. The Kier molecular flexibility index (Phi) is 4.74.